The molecule has 1 aromatic carbocycles. The van der Waals surface area contributed by atoms with E-state index in [0.717, 1.165) is 17.7 Å². The van der Waals surface area contributed by atoms with Gasteiger partial charge in [-0.15, -0.1) is 0 Å². The average molecular weight is 264 g/mol. The zero-order valence-electron chi connectivity index (χ0n) is 10.7. The van der Waals surface area contributed by atoms with Crippen molar-refractivity contribution in [1.29, 1.82) is 0 Å². The van der Waals surface area contributed by atoms with Gasteiger partial charge in [-0.05, 0) is 23.8 Å². The van der Waals surface area contributed by atoms with E-state index < -0.39 is 0 Å². The molecule has 2 aromatic heterocycles. The molecule has 0 spiro atoms. The lowest BCUT2D eigenvalue weighted by atomic mass is 10.1. The van der Waals surface area contributed by atoms with Gasteiger partial charge in [0.25, 0.3) is 0 Å². The fraction of sp³-hybridized carbons (Fsp3) is 0.133. The number of hydrogen-bond donors (Lipinski definition) is 1. The van der Waals surface area contributed by atoms with Gasteiger partial charge in [0.15, 0.2) is 0 Å². The van der Waals surface area contributed by atoms with Crippen LogP contribution in [0, 0.1) is 0 Å². The van der Waals surface area contributed by atoms with E-state index in [4.69, 9.17) is 4.52 Å². The second-order valence-electron chi connectivity index (χ2n) is 4.76. The van der Waals surface area contributed by atoms with Gasteiger partial charge in [-0.2, -0.15) is 4.98 Å². The third-order valence-electron chi connectivity index (χ3n) is 3.43. The number of fused-ring (bicyclic) bond motifs is 1. The third-order valence-corrected chi connectivity index (χ3v) is 3.43. The fourth-order valence-corrected chi connectivity index (χ4v) is 2.44. The molecule has 5 nitrogen and oxygen atoms in total. The number of rotatable bonds is 2. The lowest BCUT2D eigenvalue weighted by molar-refractivity contribution is 0.364. The molecule has 0 saturated carbocycles. The summed E-state index contributed by atoms with van der Waals surface area (Å²) in [5.41, 5.74) is 3.27. The van der Waals surface area contributed by atoms with Crippen LogP contribution in [0.2, 0.25) is 0 Å². The first-order chi connectivity index (χ1) is 9.90. The summed E-state index contributed by atoms with van der Waals surface area (Å²) < 4.78 is 5.38. The quantitative estimate of drug-likeness (QED) is 0.771. The normalized spacial score (nSPS) is 16.7. The molecule has 1 atom stereocenters. The summed E-state index contributed by atoms with van der Waals surface area (Å²) in [5.74, 6) is 1.19. The molecule has 1 aliphatic rings. The molecule has 0 bridgehead atoms. The molecule has 1 unspecified atom stereocenters. The molecule has 3 aromatic rings. The van der Waals surface area contributed by atoms with Crippen molar-refractivity contribution in [2.75, 3.05) is 5.32 Å². The van der Waals surface area contributed by atoms with Gasteiger partial charge in [-0.25, -0.2) is 0 Å². The van der Waals surface area contributed by atoms with E-state index in [9.17, 15) is 0 Å². The van der Waals surface area contributed by atoms with Gasteiger partial charge in [0, 0.05) is 30.1 Å². The molecule has 1 aliphatic heterocycles. The molecular weight excluding hydrogens is 252 g/mol. The van der Waals surface area contributed by atoms with Crippen LogP contribution in [0.15, 0.2) is 53.3 Å². The first-order valence-corrected chi connectivity index (χ1v) is 6.48. The summed E-state index contributed by atoms with van der Waals surface area (Å²) in [5, 5.41) is 7.43. The Hall–Kier alpha value is -2.69. The number of hydrogen-bond acceptors (Lipinski definition) is 5. The Bertz CT molecular complexity index is 713. The van der Waals surface area contributed by atoms with E-state index in [2.05, 4.69) is 32.6 Å². The molecule has 0 saturated heterocycles. The monoisotopic (exact) mass is 264 g/mol. The molecule has 20 heavy (non-hydrogen) atoms. The Kier molecular flexibility index (Phi) is 2.48. The maximum Gasteiger partial charge on any atom is 0.249 e. The van der Waals surface area contributed by atoms with Gasteiger partial charge in [-0.3, -0.25) is 4.98 Å². The topological polar surface area (TPSA) is 63.8 Å². The lowest BCUT2D eigenvalue weighted by Gasteiger charge is -2.04. The van der Waals surface area contributed by atoms with E-state index >= 15 is 0 Å². The minimum Gasteiger partial charge on any atom is -0.373 e. The van der Waals surface area contributed by atoms with Crippen molar-refractivity contribution in [2.24, 2.45) is 0 Å². The summed E-state index contributed by atoms with van der Waals surface area (Å²) in [6.07, 6.45) is 4.32. The highest BCUT2D eigenvalue weighted by atomic mass is 16.5. The van der Waals surface area contributed by atoms with Crippen molar-refractivity contribution in [3.05, 3.63) is 60.2 Å². The van der Waals surface area contributed by atoms with Gasteiger partial charge < -0.3 is 9.84 Å². The van der Waals surface area contributed by atoms with Gasteiger partial charge in [0.1, 0.15) is 6.04 Å². The van der Waals surface area contributed by atoms with Crippen LogP contribution in [-0.2, 0) is 6.42 Å². The van der Waals surface area contributed by atoms with Crippen molar-refractivity contribution in [3.63, 3.8) is 0 Å². The molecule has 0 radical (unpaired) electrons. The van der Waals surface area contributed by atoms with Crippen molar-refractivity contribution in [3.8, 4) is 11.4 Å². The van der Waals surface area contributed by atoms with Gasteiger partial charge in [0.05, 0.1) is 0 Å². The number of benzene rings is 1. The van der Waals surface area contributed by atoms with Crippen molar-refractivity contribution >= 4 is 5.69 Å². The van der Waals surface area contributed by atoms with Crippen LogP contribution in [-0.4, -0.2) is 15.1 Å². The number of nitrogens with one attached hydrogen (secondary N) is 1. The summed E-state index contributed by atoms with van der Waals surface area (Å²) in [7, 11) is 0. The molecule has 0 amide bonds. The molecule has 0 fully saturated rings. The summed E-state index contributed by atoms with van der Waals surface area (Å²) >= 11 is 0. The molecule has 1 N–H and O–H groups in total. The highest BCUT2D eigenvalue weighted by molar-refractivity contribution is 5.57. The maximum atomic E-state index is 5.38. The molecule has 4 rings (SSSR count). The second kappa shape index (κ2) is 4.45. The second-order valence-corrected chi connectivity index (χ2v) is 4.76. The average Bonchev–Trinajstić information content (AvgIpc) is 3.14. The smallest absolute Gasteiger partial charge is 0.249 e. The number of nitrogens with zero attached hydrogens (tertiary/aromatic N) is 3. The van der Waals surface area contributed by atoms with Crippen LogP contribution in [0.1, 0.15) is 17.5 Å². The van der Waals surface area contributed by atoms with Crippen LogP contribution in [0.4, 0.5) is 5.69 Å². The summed E-state index contributed by atoms with van der Waals surface area (Å²) in [4.78, 5) is 8.53. The van der Waals surface area contributed by atoms with Gasteiger partial charge in [0.2, 0.25) is 11.7 Å². The highest BCUT2D eigenvalue weighted by Crippen LogP contribution is 2.33. The molecule has 0 aliphatic carbocycles. The van der Waals surface area contributed by atoms with Crippen LogP contribution in [0.3, 0.4) is 0 Å². The highest BCUT2D eigenvalue weighted by Gasteiger charge is 2.26. The van der Waals surface area contributed by atoms with Crippen molar-refractivity contribution in [1.82, 2.24) is 15.1 Å². The Labute approximate surface area is 115 Å². The Morgan fingerprint density at radius 2 is 2.10 bits per heavy atom. The number of para-hydroxylation sites is 1. The number of anilines is 1. The van der Waals surface area contributed by atoms with E-state index in [0.29, 0.717) is 11.7 Å². The molecule has 98 valence electrons. The Morgan fingerprint density at radius 1 is 1.15 bits per heavy atom. The Balaban J connectivity index is 1.61. The predicted octanol–water partition coefficient (Wildman–Crippen LogP) is 2.84. The number of pyridine rings is 1. The van der Waals surface area contributed by atoms with E-state index in [-0.39, 0.29) is 6.04 Å². The van der Waals surface area contributed by atoms with Gasteiger partial charge in [-0.1, -0.05) is 23.4 Å². The van der Waals surface area contributed by atoms with E-state index in [1.54, 1.807) is 12.4 Å². The van der Waals surface area contributed by atoms with Crippen molar-refractivity contribution in [2.45, 2.75) is 12.5 Å². The van der Waals surface area contributed by atoms with E-state index in [1.165, 1.54) is 5.56 Å². The summed E-state index contributed by atoms with van der Waals surface area (Å²) in [6.45, 7) is 0. The molecule has 3 heterocycles. The Morgan fingerprint density at radius 3 is 2.95 bits per heavy atom. The van der Waals surface area contributed by atoms with Crippen LogP contribution < -0.4 is 5.32 Å². The minimum atomic E-state index is 0.0466. The summed E-state index contributed by atoms with van der Waals surface area (Å²) in [6, 6.07) is 12.0. The first-order valence-electron chi connectivity index (χ1n) is 6.48. The third kappa shape index (κ3) is 1.84. The molecule has 5 heteroatoms. The van der Waals surface area contributed by atoms with Gasteiger partial charge >= 0.3 is 0 Å². The zero-order chi connectivity index (χ0) is 13.4. The lowest BCUT2D eigenvalue weighted by Crippen LogP contribution is -2.05. The van der Waals surface area contributed by atoms with Crippen molar-refractivity contribution < 1.29 is 4.52 Å². The molecular formula is C15H12N4O. The van der Waals surface area contributed by atoms with E-state index in [1.807, 2.05) is 24.3 Å². The van der Waals surface area contributed by atoms with Crippen LogP contribution in [0.25, 0.3) is 11.4 Å². The SMILES string of the molecule is c1cncc(-c2noc(C3Cc4ccccc4N3)n2)c1. The zero-order valence-corrected chi connectivity index (χ0v) is 10.7. The van der Waals surface area contributed by atoms with Crippen LogP contribution in [0.5, 0.6) is 0 Å². The minimum absolute atomic E-state index is 0.0466. The largest absolute Gasteiger partial charge is 0.373 e. The fourth-order valence-electron chi connectivity index (χ4n) is 2.44. The maximum absolute atomic E-state index is 5.38. The number of aromatic nitrogens is 3. The van der Waals surface area contributed by atoms with Crippen LogP contribution >= 0.6 is 0 Å². The predicted molar refractivity (Wildman–Crippen MR) is 74.0 cm³/mol. The first kappa shape index (κ1) is 11.2. The standard InChI is InChI=1S/C15H12N4O/c1-2-6-12-10(4-1)8-13(17-12)15-18-14(19-20-15)11-5-3-7-16-9-11/h1-7,9,13,17H,8H2.